The third kappa shape index (κ3) is 6.13. The van der Waals surface area contributed by atoms with Gasteiger partial charge >= 0.3 is 0 Å². The van der Waals surface area contributed by atoms with Crippen molar-refractivity contribution < 1.29 is 13.2 Å². The van der Waals surface area contributed by atoms with E-state index in [1.807, 2.05) is 34.6 Å². The van der Waals surface area contributed by atoms with Crippen LogP contribution in [0, 0.1) is 6.92 Å². The molecule has 206 valence electrons. The topological polar surface area (TPSA) is 130 Å². The van der Waals surface area contributed by atoms with E-state index in [4.69, 9.17) is 4.99 Å². The minimum atomic E-state index is -3.35. The minimum Gasteiger partial charge on any atom is -0.360 e. The summed E-state index contributed by atoms with van der Waals surface area (Å²) in [6.07, 6.45) is 6.88. The monoisotopic (exact) mass is 549 g/mol. The van der Waals surface area contributed by atoms with E-state index in [1.165, 1.54) is 12.3 Å². The Labute approximate surface area is 230 Å². The number of aliphatic imine (C=N–C) groups is 2. The fourth-order valence-electron chi connectivity index (χ4n) is 4.29. The number of hydrogen-bond acceptors (Lipinski definition) is 9. The summed E-state index contributed by atoms with van der Waals surface area (Å²) in [6, 6.07) is 2.96. The molecule has 0 radical (unpaired) electrons. The van der Waals surface area contributed by atoms with Gasteiger partial charge in [-0.1, -0.05) is 13.5 Å². The molecule has 1 amide bonds. The molecule has 0 unspecified atom stereocenters. The Hall–Kier alpha value is -3.73. The number of amides is 1. The zero-order chi connectivity index (χ0) is 28.5. The van der Waals surface area contributed by atoms with Crippen LogP contribution in [0.15, 0.2) is 57.4 Å². The van der Waals surface area contributed by atoms with Gasteiger partial charge in [-0.2, -0.15) is 0 Å². The first-order chi connectivity index (χ1) is 18.4. The number of carbonyl (C=O) groups excluding carboxylic acids is 1. The first kappa shape index (κ1) is 28.3. The fraction of sp³-hybridized carbons (Fsp3) is 0.429. The van der Waals surface area contributed by atoms with E-state index < -0.39 is 9.84 Å². The second-order valence-electron chi connectivity index (χ2n) is 10.2. The molecular weight excluding hydrogens is 514 g/mol. The molecule has 1 atom stereocenters. The van der Waals surface area contributed by atoms with E-state index in [0.29, 0.717) is 35.3 Å². The standard InChI is InChI=1S/C28H35N7O3S/c1-8-17(4)35-27(33-19(6)23-18(5)31-15-32-25(23)20-9-10-20)24(16(2)3)34-26(28(35)36)30-13-21-11-12-22(14-29-21)39(7,37)38/h11-12,14-15,17,20H,6,8-10,13H2,1-5,7H3,(H,30,34)/b33-27+/t17-/m0/s1. The number of carbonyl (C=O) groups is 1. The van der Waals surface area contributed by atoms with Gasteiger partial charge in [-0.3, -0.25) is 14.7 Å². The molecule has 4 rings (SSSR count). The molecule has 39 heavy (non-hydrogen) atoms. The lowest BCUT2D eigenvalue weighted by Crippen LogP contribution is -2.53. The van der Waals surface area contributed by atoms with Crippen LogP contribution in [-0.2, 0) is 21.2 Å². The molecule has 1 N–H and O–H groups in total. The Bertz CT molecular complexity index is 1500. The maximum absolute atomic E-state index is 13.8. The minimum absolute atomic E-state index is 0.136. The number of allylic oxidation sites excluding steroid dienone is 1. The number of nitrogens with one attached hydrogen (secondary N) is 1. The van der Waals surface area contributed by atoms with Crippen LogP contribution in [0.5, 0.6) is 0 Å². The summed E-state index contributed by atoms with van der Waals surface area (Å²) < 4.78 is 23.5. The molecule has 0 spiro atoms. The number of sulfone groups is 1. The van der Waals surface area contributed by atoms with Crippen molar-refractivity contribution in [2.24, 2.45) is 9.98 Å². The van der Waals surface area contributed by atoms with Gasteiger partial charge in [0.15, 0.2) is 21.5 Å². The SMILES string of the molecule is C=C(/N=C1\C(=C(C)C)N=C(NCc2ccc(S(C)(=O)=O)cn2)C(=O)N1[C@@H](C)CC)c1c(C)ncnc1C1CC1. The molecule has 0 bridgehead atoms. The van der Waals surface area contributed by atoms with Gasteiger partial charge in [0.25, 0.3) is 5.91 Å². The second kappa shape index (κ2) is 11.2. The van der Waals surface area contributed by atoms with Gasteiger partial charge < -0.3 is 5.32 Å². The fourth-order valence-corrected chi connectivity index (χ4v) is 4.85. The maximum atomic E-state index is 13.8. The smallest absolute Gasteiger partial charge is 0.295 e. The van der Waals surface area contributed by atoms with Crippen molar-refractivity contribution in [3.05, 3.63) is 65.2 Å². The summed E-state index contributed by atoms with van der Waals surface area (Å²) in [7, 11) is -3.35. The molecule has 2 aromatic rings. The van der Waals surface area contributed by atoms with Crippen LogP contribution in [0.4, 0.5) is 0 Å². The van der Waals surface area contributed by atoms with Crippen molar-refractivity contribution in [1.29, 1.82) is 0 Å². The molecule has 0 aromatic carbocycles. The molecule has 11 heteroatoms. The Morgan fingerprint density at radius 2 is 1.95 bits per heavy atom. The van der Waals surface area contributed by atoms with Crippen LogP contribution in [0.2, 0.25) is 0 Å². The van der Waals surface area contributed by atoms with Gasteiger partial charge in [-0.15, -0.1) is 0 Å². The highest BCUT2D eigenvalue weighted by Crippen LogP contribution is 2.42. The van der Waals surface area contributed by atoms with Crippen LogP contribution in [-0.4, -0.2) is 58.1 Å². The highest BCUT2D eigenvalue weighted by atomic mass is 32.2. The average molecular weight is 550 g/mol. The zero-order valence-corrected chi connectivity index (χ0v) is 24.1. The van der Waals surface area contributed by atoms with E-state index in [0.717, 1.165) is 41.6 Å². The summed E-state index contributed by atoms with van der Waals surface area (Å²) in [5.74, 6) is 0.694. The van der Waals surface area contributed by atoms with Gasteiger partial charge in [0, 0.05) is 30.0 Å². The van der Waals surface area contributed by atoms with Crippen molar-refractivity contribution in [2.45, 2.75) is 77.3 Å². The first-order valence-electron chi connectivity index (χ1n) is 13.0. The molecular formula is C28H35N7O3S. The zero-order valence-electron chi connectivity index (χ0n) is 23.3. The lowest BCUT2D eigenvalue weighted by molar-refractivity contribution is -0.122. The summed E-state index contributed by atoms with van der Waals surface area (Å²) >= 11 is 0. The van der Waals surface area contributed by atoms with Crippen LogP contribution in [0.25, 0.3) is 5.70 Å². The number of rotatable bonds is 8. The van der Waals surface area contributed by atoms with Gasteiger partial charge in [-0.05, 0) is 64.7 Å². The number of nitrogens with zero attached hydrogens (tertiary/aromatic N) is 6. The molecule has 2 aliphatic rings. The highest BCUT2D eigenvalue weighted by Gasteiger charge is 2.36. The number of aromatic nitrogens is 3. The maximum Gasteiger partial charge on any atom is 0.295 e. The van der Waals surface area contributed by atoms with Crippen molar-refractivity contribution in [3.63, 3.8) is 0 Å². The van der Waals surface area contributed by atoms with Crippen LogP contribution < -0.4 is 5.32 Å². The lowest BCUT2D eigenvalue weighted by Gasteiger charge is -2.34. The first-order valence-corrected chi connectivity index (χ1v) is 14.9. The lowest BCUT2D eigenvalue weighted by atomic mass is 10.1. The third-order valence-electron chi connectivity index (χ3n) is 6.81. The number of amidine groups is 2. The summed E-state index contributed by atoms with van der Waals surface area (Å²) in [5, 5.41) is 3.10. The molecule has 3 heterocycles. The normalized spacial score (nSPS) is 17.7. The molecule has 2 aromatic heterocycles. The summed E-state index contributed by atoms with van der Waals surface area (Å²) in [5.41, 5.74) is 5.14. The van der Waals surface area contributed by atoms with E-state index in [2.05, 4.69) is 31.8 Å². The number of aryl methyl sites for hydroxylation is 1. The predicted octanol–water partition coefficient (Wildman–Crippen LogP) is 3.95. The second-order valence-corrected chi connectivity index (χ2v) is 12.2. The Balaban J connectivity index is 1.70. The largest absolute Gasteiger partial charge is 0.360 e. The van der Waals surface area contributed by atoms with Crippen LogP contribution in [0.1, 0.15) is 75.5 Å². The van der Waals surface area contributed by atoms with Gasteiger partial charge in [0.05, 0.1) is 34.2 Å². The van der Waals surface area contributed by atoms with Crippen LogP contribution in [0.3, 0.4) is 0 Å². The van der Waals surface area contributed by atoms with E-state index >= 15 is 0 Å². The molecule has 1 aliphatic heterocycles. The van der Waals surface area contributed by atoms with Gasteiger partial charge in [-0.25, -0.2) is 28.4 Å². The van der Waals surface area contributed by atoms with Gasteiger partial charge in [0.1, 0.15) is 12.0 Å². The quantitative estimate of drug-likeness (QED) is 0.528. The van der Waals surface area contributed by atoms with Crippen molar-refractivity contribution in [2.75, 3.05) is 6.26 Å². The van der Waals surface area contributed by atoms with Crippen molar-refractivity contribution in [3.8, 4) is 0 Å². The molecule has 1 fully saturated rings. The number of pyridine rings is 1. The van der Waals surface area contributed by atoms with Gasteiger partial charge in [0.2, 0.25) is 0 Å². The summed E-state index contributed by atoms with van der Waals surface area (Å²) in [4.78, 5) is 38.3. The molecule has 10 nitrogen and oxygen atoms in total. The Morgan fingerprint density at radius 1 is 1.23 bits per heavy atom. The predicted molar refractivity (Wildman–Crippen MR) is 152 cm³/mol. The van der Waals surface area contributed by atoms with Crippen molar-refractivity contribution >= 4 is 33.1 Å². The summed E-state index contributed by atoms with van der Waals surface area (Å²) in [6.45, 7) is 14.2. The van der Waals surface area contributed by atoms with E-state index in [-0.39, 0.29) is 29.2 Å². The van der Waals surface area contributed by atoms with E-state index in [1.54, 1.807) is 17.3 Å². The Morgan fingerprint density at radius 3 is 2.51 bits per heavy atom. The average Bonchev–Trinajstić information content (AvgIpc) is 3.73. The van der Waals surface area contributed by atoms with Crippen molar-refractivity contribution in [1.82, 2.24) is 25.2 Å². The molecule has 0 saturated heterocycles. The Kier molecular flexibility index (Phi) is 8.10. The number of hydrogen-bond donors (Lipinski definition) is 1. The van der Waals surface area contributed by atoms with Crippen LogP contribution >= 0.6 is 0 Å². The third-order valence-corrected chi connectivity index (χ3v) is 7.91. The highest BCUT2D eigenvalue weighted by molar-refractivity contribution is 7.90. The molecule has 1 aliphatic carbocycles. The van der Waals surface area contributed by atoms with E-state index in [9.17, 15) is 13.2 Å². The molecule has 1 saturated carbocycles.